The van der Waals surface area contributed by atoms with Crippen LogP contribution in [0.25, 0.3) is 0 Å². The molecule has 0 unspecified atom stereocenters. The van der Waals surface area contributed by atoms with Gasteiger partial charge in [-0.3, -0.25) is 0 Å². The number of rotatable bonds is 5. The molecule has 9 heteroatoms. The number of benzene rings is 1. The van der Waals surface area contributed by atoms with Gasteiger partial charge in [-0.05, 0) is 24.6 Å². The van der Waals surface area contributed by atoms with Crippen molar-refractivity contribution in [2.75, 3.05) is 18.9 Å². The predicted octanol–water partition coefficient (Wildman–Crippen LogP) is 2.26. The van der Waals surface area contributed by atoms with Crippen molar-refractivity contribution in [3.8, 4) is 11.8 Å². The summed E-state index contributed by atoms with van der Waals surface area (Å²) in [5, 5.41) is 0.354. The van der Waals surface area contributed by atoms with Gasteiger partial charge < -0.3 is 9.47 Å². The van der Waals surface area contributed by atoms with E-state index in [-0.39, 0.29) is 22.6 Å². The lowest BCUT2D eigenvalue weighted by Gasteiger charge is -2.10. The fourth-order valence-electron chi connectivity index (χ4n) is 1.58. The Labute approximate surface area is 133 Å². The zero-order valence-corrected chi connectivity index (χ0v) is 13.7. The molecule has 0 saturated heterocycles. The molecule has 0 fully saturated rings. The van der Waals surface area contributed by atoms with Crippen LogP contribution in [0.1, 0.15) is 5.56 Å². The van der Waals surface area contributed by atoms with Crippen LogP contribution < -0.4 is 14.2 Å². The third-order valence-electron chi connectivity index (χ3n) is 2.78. The van der Waals surface area contributed by atoms with E-state index in [1.165, 1.54) is 32.4 Å². The maximum absolute atomic E-state index is 12.3. The maximum Gasteiger partial charge on any atom is 0.264 e. The van der Waals surface area contributed by atoms with Gasteiger partial charge in [0.15, 0.2) is 0 Å². The minimum atomic E-state index is -3.87. The SMILES string of the molecule is COc1cc(OC)nc(NS(=O)(=O)c2ccc(C)c(Cl)c2)n1. The van der Waals surface area contributed by atoms with Gasteiger partial charge in [0.2, 0.25) is 17.7 Å². The summed E-state index contributed by atoms with van der Waals surface area (Å²) in [7, 11) is -1.07. The van der Waals surface area contributed by atoms with Crippen LogP contribution in [0.15, 0.2) is 29.2 Å². The Balaban J connectivity index is 2.37. The summed E-state index contributed by atoms with van der Waals surface area (Å²) in [6, 6.07) is 5.85. The van der Waals surface area contributed by atoms with Crippen molar-refractivity contribution < 1.29 is 17.9 Å². The van der Waals surface area contributed by atoms with Gasteiger partial charge in [-0.15, -0.1) is 0 Å². The summed E-state index contributed by atoms with van der Waals surface area (Å²) in [6.45, 7) is 1.78. The summed E-state index contributed by atoms with van der Waals surface area (Å²) in [5.41, 5.74) is 0.778. The van der Waals surface area contributed by atoms with Gasteiger partial charge in [-0.2, -0.15) is 9.97 Å². The summed E-state index contributed by atoms with van der Waals surface area (Å²) in [4.78, 5) is 7.84. The molecule has 0 saturated carbocycles. The van der Waals surface area contributed by atoms with E-state index in [1.54, 1.807) is 13.0 Å². The molecule has 118 valence electrons. The highest BCUT2D eigenvalue weighted by Crippen LogP contribution is 2.23. The number of ether oxygens (including phenoxy) is 2. The molecular formula is C13H14ClN3O4S. The largest absolute Gasteiger partial charge is 0.481 e. The van der Waals surface area contributed by atoms with E-state index in [4.69, 9.17) is 21.1 Å². The molecule has 0 atom stereocenters. The second-order valence-electron chi connectivity index (χ2n) is 4.29. The van der Waals surface area contributed by atoms with Gasteiger partial charge in [0.1, 0.15) is 0 Å². The molecule has 0 aliphatic carbocycles. The van der Waals surface area contributed by atoms with Crippen molar-refractivity contribution in [2.24, 2.45) is 0 Å². The van der Waals surface area contributed by atoms with Crippen molar-refractivity contribution in [1.29, 1.82) is 0 Å². The number of halogens is 1. The van der Waals surface area contributed by atoms with Crippen molar-refractivity contribution in [1.82, 2.24) is 9.97 Å². The molecule has 1 aromatic carbocycles. The molecule has 2 rings (SSSR count). The second kappa shape index (κ2) is 6.37. The summed E-state index contributed by atoms with van der Waals surface area (Å²) < 4.78 is 36.9. The number of nitrogens with zero attached hydrogens (tertiary/aromatic N) is 2. The van der Waals surface area contributed by atoms with E-state index in [9.17, 15) is 8.42 Å². The Hall–Kier alpha value is -2.06. The van der Waals surface area contributed by atoms with E-state index in [0.717, 1.165) is 5.56 Å². The van der Waals surface area contributed by atoms with Gasteiger partial charge in [0.05, 0.1) is 25.2 Å². The number of hydrogen-bond donors (Lipinski definition) is 1. The van der Waals surface area contributed by atoms with Crippen LogP contribution >= 0.6 is 11.6 Å². The smallest absolute Gasteiger partial charge is 0.264 e. The lowest BCUT2D eigenvalue weighted by atomic mass is 10.2. The number of hydrogen-bond acceptors (Lipinski definition) is 6. The normalized spacial score (nSPS) is 11.1. The first-order valence-electron chi connectivity index (χ1n) is 6.12. The van der Waals surface area contributed by atoms with Crippen molar-refractivity contribution in [3.63, 3.8) is 0 Å². The molecule has 7 nitrogen and oxygen atoms in total. The fraction of sp³-hybridized carbons (Fsp3) is 0.231. The van der Waals surface area contributed by atoms with Gasteiger partial charge in [0.25, 0.3) is 10.0 Å². The lowest BCUT2D eigenvalue weighted by molar-refractivity contribution is 0.373. The molecule has 0 spiro atoms. The van der Waals surface area contributed by atoms with Gasteiger partial charge in [-0.25, -0.2) is 13.1 Å². The molecule has 1 heterocycles. The monoisotopic (exact) mass is 343 g/mol. The maximum atomic E-state index is 12.3. The Morgan fingerprint density at radius 1 is 1.09 bits per heavy atom. The molecule has 22 heavy (non-hydrogen) atoms. The summed E-state index contributed by atoms with van der Waals surface area (Å²) in [6.07, 6.45) is 0. The third kappa shape index (κ3) is 3.58. The Morgan fingerprint density at radius 2 is 1.68 bits per heavy atom. The third-order valence-corrected chi connectivity index (χ3v) is 4.51. The Morgan fingerprint density at radius 3 is 2.18 bits per heavy atom. The van der Waals surface area contributed by atoms with E-state index in [0.29, 0.717) is 5.02 Å². The molecule has 1 aromatic heterocycles. The first kappa shape index (κ1) is 16.3. The minimum absolute atomic E-state index is 0.00786. The quantitative estimate of drug-likeness (QED) is 0.895. The van der Waals surface area contributed by atoms with Crippen LogP contribution in [0.2, 0.25) is 5.02 Å². The lowest BCUT2D eigenvalue weighted by Crippen LogP contribution is -2.15. The van der Waals surface area contributed by atoms with Crippen LogP contribution in [0, 0.1) is 6.92 Å². The summed E-state index contributed by atoms with van der Waals surface area (Å²) in [5.74, 6) is 0.186. The summed E-state index contributed by atoms with van der Waals surface area (Å²) >= 11 is 5.95. The standard InChI is InChI=1S/C13H14ClN3O4S/c1-8-4-5-9(6-10(8)14)22(18,19)17-13-15-11(20-2)7-12(16-13)21-3/h4-7H,1-3H3,(H,15,16,17). The Bertz CT molecular complexity index is 774. The van der Waals surface area contributed by atoms with Gasteiger partial charge >= 0.3 is 0 Å². The van der Waals surface area contributed by atoms with Crippen LogP contribution in [-0.4, -0.2) is 32.6 Å². The second-order valence-corrected chi connectivity index (χ2v) is 6.38. The van der Waals surface area contributed by atoms with Crippen LogP contribution in [0.3, 0.4) is 0 Å². The zero-order valence-electron chi connectivity index (χ0n) is 12.1. The molecule has 0 amide bonds. The van der Waals surface area contributed by atoms with Crippen LogP contribution in [-0.2, 0) is 10.0 Å². The van der Waals surface area contributed by atoms with E-state index >= 15 is 0 Å². The highest BCUT2D eigenvalue weighted by atomic mass is 35.5. The molecule has 0 aliphatic rings. The number of anilines is 1. The van der Waals surface area contributed by atoms with Crippen molar-refractivity contribution in [2.45, 2.75) is 11.8 Å². The fourth-order valence-corrected chi connectivity index (χ4v) is 2.79. The first-order chi connectivity index (χ1) is 10.4. The molecular weight excluding hydrogens is 330 g/mol. The number of aromatic nitrogens is 2. The number of aryl methyl sites for hydroxylation is 1. The van der Waals surface area contributed by atoms with E-state index in [2.05, 4.69) is 14.7 Å². The number of methoxy groups -OCH3 is 2. The highest BCUT2D eigenvalue weighted by molar-refractivity contribution is 7.92. The van der Waals surface area contributed by atoms with Crippen LogP contribution in [0.4, 0.5) is 5.95 Å². The molecule has 0 bridgehead atoms. The molecule has 0 aliphatic heterocycles. The minimum Gasteiger partial charge on any atom is -0.481 e. The average molecular weight is 344 g/mol. The first-order valence-corrected chi connectivity index (χ1v) is 7.98. The van der Waals surface area contributed by atoms with Crippen LogP contribution in [0.5, 0.6) is 11.8 Å². The van der Waals surface area contributed by atoms with Crippen molar-refractivity contribution >= 4 is 27.6 Å². The highest BCUT2D eigenvalue weighted by Gasteiger charge is 2.18. The zero-order chi connectivity index (χ0) is 16.3. The number of nitrogens with one attached hydrogen (secondary N) is 1. The van der Waals surface area contributed by atoms with Gasteiger partial charge in [0, 0.05) is 5.02 Å². The molecule has 2 aromatic rings. The van der Waals surface area contributed by atoms with Gasteiger partial charge in [-0.1, -0.05) is 17.7 Å². The molecule has 0 radical (unpaired) electrons. The number of sulfonamides is 1. The topological polar surface area (TPSA) is 90.4 Å². The predicted molar refractivity (Wildman–Crippen MR) is 82.1 cm³/mol. The van der Waals surface area contributed by atoms with E-state index < -0.39 is 10.0 Å². The molecule has 1 N–H and O–H groups in total. The Kier molecular flexibility index (Phi) is 4.72. The van der Waals surface area contributed by atoms with Crippen molar-refractivity contribution in [3.05, 3.63) is 34.9 Å². The van der Waals surface area contributed by atoms with E-state index in [1.807, 2.05) is 0 Å². The average Bonchev–Trinajstić information content (AvgIpc) is 2.48.